The van der Waals surface area contributed by atoms with Gasteiger partial charge in [0, 0.05) is 35.7 Å². The van der Waals surface area contributed by atoms with E-state index < -0.39 is 26.1 Å². The number of piperazine rings is 1. The first-order chi connectivity index (χ1) is 13.6. The summed E-state index contributed by atoms with van der Waals surface area (Å²) in [5.74, 6) is -0.435. The molecule has 0 aromatic heterocycles. The third-order valence-corrected chi connectivity index (χ3v) is 9.34. The first-order valence-corrected chi connectivity index (χ1v) is 13.0. The minimum Gasteiger partial charge on any atom is -0.212 e. The zero-order valence-electron chi connectivity index (χ0n) is 15.8. The van der Waals surface area contributed by atoms with Crippen LogP contribution in [0.5, 0.6) is 0 Å². The first kappa shape index (κ1) is 22.5. The minimum atomic E-state index is -3.64. The standard InChI is InChI=1S/C19H22Cl2N2O4S2/c1-15-12-22(28(24,25)13-16-6-2-4-8-18(16)20)10-11-23(15)29(26,27)14-17-7-3-5-9-19(17)21/h2-9,15H,10-14H2,1H3/t15-/m1/s1. The highest BCUT2D eigenvalue weighted by atomic mass is 35.5. The lowest BCUT2D eigenvalue weighted by Gasteiger charge is -2.38. The Balaban J connectivity index is 1.71. The van der Waals surface area contributed by atoms with Crippen LogP contribution >= 0.6 is 23.2 Å². The molecule has 0 spiro atoms. The van der Waals surface area contributed by atoms with Crippen molar-refractivity contribution in [2.75, 3.05) is 19.6 Å². The van der Waals surface area contributed by atoms with E-state index in [1.165, 1.54) is 8.61 Å². The molecule has 1 fully saturated rings. The van der Waals surface area contributed by atoms with Crippen molar-refractivity contribution in [1.82, 2.24) is 8.61 Å². The van der Waals surface area contributed by atoms with Crippen LogP contribution in [0.1, 0.15) is 18.1 Å². The van der Waals surface area contributed by atoms with Gasteiger partial charge in [0.1, 0.15) is 0 Å². The van der Waals surface area contributed by atoms with Crippen LogP contribution in [-0.4, -0.2) is 51.1 Å². The van der Waals surface area contributed by atoms with E-state index in [-0.39, 0.29) is 31.1 Å². The van der Waals surface area contributed by atoms with Gasteiger partial charge in [-0.2, -0.15) is 8.61 Å². The Hall–Kier alpha value is -1.16. The highest BCUT2D eigenvalue weighted by Crippen LogP contribution is 2.25. The van der Waals surface area contributed by atoms with Gasteiger partial charge in [0.25, 0.3) is 0 Å². The van der Waals surface area contributed by atoms with Crippen molar-refractivity contribution in [2.24, 2.45) is 0 Å². The highest BCUT2D eigenvalue weighted by molar-refractivity contribution is 7.88. The summed E-state index contributed by atoms with van der Waals surface area (Å²) >= 11 is 12.2. The molecule has 10 heteroatoms. The summed E-state index contributed by atoms with van der Waals surface area (Å²) in [6.07, 6.45) is 0. The van der Waals surface area contributed by atoms with E-state index in [1.54, 1.807) is 55.5 Å². The number of rotatable bonds is 6. The Kier molecular flexibility index (Phi) is 6.92. The molecular weight excluding hydrogens is 455 g/mol. The predicted molar refractivity (Wildman–Crippen MR) is 116 cm³/mol. The van der Waals surface area contributed by atoms with E-state index in [2.05, 4.69) is 0 Å². The van der Waals surface area contributed by atoms with Crippen molar-refractivity contribution >= 4 is 43.2 Å². The van der Waals surface area contributed by atoms with Gasteiger partial charge in [-0.15, -0.1) is 0 Å². The van der Waals surface area contributed by atoms with Crippen LogP contribution in [-0.2, 0) is 31.6 Å². The molecule has 0 saturated carbocycles. The smallest absolute Gasteiger partial charge is 0.212 e. The lowest BCUT2D eigenvalue weighted by molar-refractivity contribution is 0.212. The summed E-state index contributed by atoms with van der Waals surface area (Å²) in [5.41, 5.74) is 1.05. The SMILES string of the molecule is C[C@@H]1CN(S(=O)(=O)Cc2ccccc2Cl)CCN1S(=O)(=O)Cc1ccccc1Cl. The third-order valence-electron chi connectivity index (χ3n) is 4.87. The highest BCUT2D eigenvalue weighted by Gasteiger charge is 2.37. The molecule has 0 unspecified atom stereocenters. The molecule has 0 N–H and O–H groups in total. The maximum atomic E-state index is 12.9. The van der Waals surface area contributed by atoms with Gasteiger partial charge in [-0.05, 0) is 30.2 Å². The van der Waals surface area contributed by atoms with Gasteiger partial charge in [-0.25, -0.2) is 16.8 Å². The van der Waals surface area contributed by atoms with Crippen LogP contribution in [0.25, 0.3) is 0 Å². The van der Waals surface area contributed by atoms with Gasteiger partial charge in [-0.3, -0.25) is 0 Å². The fraction of sp³-hybridized carbons (Fsp3) is 0.368. The molecule has 1 heterocycles. The number of halogens is 2. The molecule has 0 amide bonds. The molecule has 0 aliphatic carbocycles. The molecule has 29 heavy (non-hydrogen) atoms. The maximum Gasteiger partial charge on any atom is 0.218 e. The fourth-order valence-corrected chi connectivity index (χ4v) is 7.35. The van der Waals surface area contributed by atoms with Crippen molar-refractivity contribution in [3.05, 3.63) is 69.7 Å². The van der Waals surface area contributed by atoms with Crippen molar-refractivity contribution < 1.29 is 16.8 Å². The lowest BCUT2D eigenvalue weighted by Crippen LogP contribution is -2.55. The molecular formula is C19H22Cl2N2O4S2. The molecule has 2 aromatic carbocycles. The third kappa shape index (κ3) is 5.31. The molecule has 0 bridgehead atoms. The minimum absolute atomic E-state index is 0.0918. The molecule has 6 nitrogen and oxygen atoms in total. The zero-order chi connectivity index (χ0) is 21.2. The predicted octanol–water partition coefficient (Wildman–Crippen LogP) is 3.36. The Labute approximate surface area is 182 Å². The Bertz CT molecular complexity index is 1090. The quantitative estimate of drug-likeness (QED) is 0.640. The number of benzene rings is 2. The molecule has 1 saturated heterocycles. The van der Waals surface area contributed by atoms with E-state index in [1.807, 2.05) is 0 Å². The summed E-state index contributed by atoms with van der Waals surface area (Å²) in [7, 11) is -7.26. The summed E-state index contributed by atoms with van der Waals surface area (Å²) in [5, 5.41) is 0.787. The van der Waals surface area contributed by atoms with Gasteiger partial charge >= 0.3 is 0 Å². The number of hydrogen-bond acceptors (Lipinski definition) is 4. The first-order valence-electron chi connectivity index (χ1n) is 9.04. The second-order valence-electron chi connectivity index (χ2n) is 7.01. The number of sulfonamides is 2. The van der Waals surface area contributed by atoms with Gasteiger partial charge < -0.3 is 0 Å². The number of hydrogen-bond donors (Lipinski definition) is 0. The zero-order valence-corrected chi connectivity index (χ0v) is 19.0. The van der Waals surface area contributed by atoms with Gasteiger partial charge in [0.15, 0.2) is 0 Å². The summed E-state index contributed by atoms with van der Waals surface area (Å²) in [4.78, 5) is 0. The van der Waals surface area contributed by atoms with Crippen LogP contribution in [0.2, 0.25) is 10.0 Å². The monoisotopic (exact) mass is 476 g/mol. The van der Waals surface area contributed by atoms with E-state index in [0.29, 0.717) is 21.2 Å². The topological polar surface area (TPSA) is 74.8 Å². The van der Waals surface area contributed by atoms with Crippen molar-refractivity contribution in [3.8, 4) is 0 Å². The normalized spacial score (nSPS) is 19.3. The summed E-state index contributed by atoms with van der Waals surface area (Å²) in [6, 6.07) is 13.1. The Morgan fingerprint density at radius 3 is 1.79 bits per heavy atom. The van der Waals surface area contributed by atoms with Crippen molar-refractivity contribution in [3.63, 3.8) is 0 Å². The lowest BCUT2D eigenvalue weighted by atomic mass is 10.2. The maximum absolute atomic E-state index is 12.9. The molecule has 158 valence electrons. The largest absolute Gasteiger partial charge is 0.218 e. The van der Waals surface area contributed by atoms with Gasteiger partial charge in [0.05, 0.1) is 11.5 Å². The Morgan fingerprint density at radius 1 is 0.828 bits per heavy atom. The van der Waals surface area contributed by atoms with E-state index >= 15 is 0 Å². The Morgan fingerprint density at radius 2 is 1.31 bits per heavy atom. The van der Waals surface area contributed by atoms with E-state index in [0.717, 1.165) is 0 Å². The fourth-order valence-electron chi connectivity index (χ4n) is 3.37. The molecule has 1 atom stereocenters. The molecule has 3 rings (SSSR count). The van der Waals surface area contributed by atoms with Crippen molar-refractivity contribution in [2.45, 2.75) is 24.5 Å². The van der Waals surface area contributed by atoms with Crippen LogP contribution in [0, 0.1) is 0 Å². The summed E-state index contributed by atoms with van der Waals surface area (Å²) in [6.45, 7) is 1.99. The van der Waals surface area contributed by atoms with Crippen LogP contribution in [0.4, 0.5) is 0 Å². The van der Waals surface area contributed by atoms with Gasteiger partial charge in [-0.1, -0.05) is 59.6 Å². The second-order valence-corrected chi connectivity index (χ2v) is 11.7. The molecule has 1 aliphatic heterocycles. The second kappa shape index (κ2) is 8.91. The average Bonchev–Trinajstić information content (AvgIpc) is 2.65. The molecule has 1 aliphatic rings. The van der Waals surface area contributed by atoms with Crippen LogP contribution in [0.15, 0.2) is 48.5 Å². The van der Waals surface area contributed by atoms with E-state index in [4.69, 9.17) is 23.2 Å². The average molecular weight is 477 g/mol. The molecule has 2 aromatic rings. The number of nitrogens with zero attached hydrogens (tertiary/aromatic N) is 2. The van der Waals surface area contributed by atoms with E-state index in [9.17, 15) is 16.8 Å². The summed E-state index contributed by atoms with van der Waals surface area (Å²) < 4.78 is 54.1. The van der Waals surface area contributed by atoms with Crippen LogP contribution < -0.4 is 0 Å². The van der Waals surface area contributed by atoms with Crippen LogP contribution in [0.3, 0.4) is 0 Å². The van der Waals surface area contributed by atoms with Gasteiger partial charge in [0.2, 0.25) is 20.0 Å². The van der Waals surface area contributed by atoms with Crippen molar-refractivity contribution in [1.29, 1.82) is 0 Å². The molecule has 0 radical (unpaired) electrons.